The van der Waals surface area contributed by atoms with E-state index in [0.717, 1.165) is 5.56 Å². The predicted molar refractivity (Wildman–Crippen MR) is 114 cm³/mol. The molecule has 7 nitrogen and oxygen atoms in total. The van der Waals surface area contributed by atoms with Crippen LogP contribution >= 0.6 is 0 Å². The van der Waals surface area contributed by atoms with Crippen LogP contribution in [-0.2, 0) is 14.8 Å². The Morgan fingerprint density at radius 3 is 2.80 bits per heavy atom. The molecule has 30 heavy (non-hydrogen) atoms. The number of aryl methyl sites for hydroxylation is 1. The summed E-state index contributed by atoms with van der Waals surface area (Å²) >= 11 is 0. The molecule has 0 radical (unpaired) electrons. The van der Waals surface area contributed by atoms with Crippen LogP contribution in [-0.4, -0.2) is 38.3 Å². The number of sulfonamides is 1. The first-order chi connectivity index (χ1) is 14.3. The van der Waals surface area contributed by atoms with E-state index in [9.17, 15) is 13.2 Å². The molecule has 0 aliphatic carbocycles. The molecule has 1 heterocycles. The molecule has 1 aliphatic heterocycles. The van der Waals surface area contributed by atoms with E-state index in [-0.39, 0.29) is 17.3 Å². The molecule has 1 atom stereocenters. The van der Waals surface area contributed by atoms with Crippen molar-refractivity contribution in [2.75, 3.05) is 25.0 Å². The van der Waals surface area contributed by atoms with Crippen LogP contribution in [0, 0.1) is 24.2 Å². The normalized spacial score (nSPS) is 17.2. The van der Waals surface area contributed by atoms with Gasteiger partial charge in [0.1, 0.15) is 5.75 Å². The van der Waals surface area contributed by atoms with Gasteiger partial charge in [0, 0.05) is 18.8 Å². The summed E-state index contributed by atoms with van der Waals surface area (Å²) in [6, 6.07) is 13.5. The third-order valence-electron chi connectivity index (χ3n) is 5.10. The molecule has 2 aromatic carbocycles. The first-order valence-corrected chi connectivity index (χ1v) is 11.3. The maximum Gasteiger partial charge on any atom is 0.243 e. The lowest BCUT2D eigenvalue weighted by molar-refractivity contribution is -0.120. The molecule has 3 rings (SSSR count). The highest BCUT2D eigenvalue weighted by Gasteiger charge is 2.33. The second-order valence-corrected chi connectivity index (χ2v) is 9.18. The summed E-state index contributed by atoms with van der Waals surface area (Å²) in [7, 11) is -3.71. The number of nitrogens with one attached hydrogen (secondary N) is 1. The zero-order chi connectivity index (χ0) is 21.7. The number of hydrogen-bond acceptors (Lipinski definition) is 5. The maximum atomic E-state index is 13.1. The van der Waals surface area contributed by atoms with Gasteiger partial charge in [0.15, 0.2) is 0 Å². The summed E-state index contributed by atoms with van der Waals surface area (Å²) in [6.45, 7) is 4.69. The Bertz CT molecular complexity index is 1080. The number of amides is 1. The Balaban J connectivity index is 1.73. The Labute approximate surface area is 177 Å². The highest BCUT2D eigenvalue weighted by atomic mass is 32.2. The molecule has 0 bridgehead atoms. The Kier molecular flexibility index (Phi) is 6.75. The summed E-state index contributed by atoms with van der Waals surface area (Å²) in [5.74, 6) is -0.0390. The van der Waals surface area contributed by atoms with Gasteiger partial charge in [-0.2, -0.15) is 9.57 Å². The number of carbonyl (C=O) groups excluding carboxylic acids is 1. The van der Waals surface area contributed by atoms with Gasteiger partial charge in [-0.1, -0.05) is 6.07 Å². The zero-order valence-electron chi connectivity index (χ0n) is 17.1. The number of benzene rings is 2. The minimum Gasteiger partial charge on any atom is -0.494 e. The average molecular weight is 428 g/mol. The molecule has 1 fully saturated rings. The molecular formula is C22H25N3O4S. The number of hydrogen-bond donors (Lipinski definition) is 1. The van der Waals surface area contributed by atoms with Crippen LogP contribution in [0.25, 0.3) is 0 Å². The average Bonchev–Trinajstić information content (AvgIpc) is 2.75. The molecule has 1 N–H and O–H groups in total. The van der Waals surface area contributed by atoms with Crippen molar-refractivity contribution in [1.82, 2.24) is 4.31 Å². The van der Waals surface area contributed by atoms with E-state index in [0.29, 0.717) is 43.0 Å². The standard InChI is InChI=1S/C22H25N3O4S/c1-3-29-21-10-9-20(12-16(21)2)30(27,28)25-11-5-7-18(15-25)22(26)24-19-8-4-6-17(13-19)14-23/h4,6,8-10,12-13,18H,3,5,7,11,15H2,1-2H3,(H,24,26). The molecule has 2 aromatic rings. The lowest BCUT2D eigenvalue weighted by atomic mass is 9.98. The summed E-state index contributed by atoms with van der Waals surface area (Å²) in [5.41, 5.74) is 1.73. The van der Waals surface area contributed by atoms with Crippen molar-refractivity contribution in [2.45, 2.75) is 31.6 Å². The van der Waals surface area contributed by atoms with Gasteiger partial charge in [0.2, 0.25) is 15.9 Å². The quantitative estimate of drug-likeness (QED) is 0.762. The molecule has 1 saturated heterocycles. The van der Waals surface area contributed by atoms with Gasteiger partial charge in [0.05, 0.1) is 29.1 Å². The van der Waals surface area contributed by atoms with Crippen LogP contribution in [0.15, 0.2) is 47.4 Å². The first kappa shape index (κ1) is 21.8. The fourth-order valence-corrected chi connectivity index (χ4v) is 5.14. The van der Waals surface area contributed by atoms with Crippen molar-refractivity contribution >= 4 is 21.6 Å². The maximum absolute atomic E-state index is 13.1. The van der Waals surface area contributed by atoms with Gasteiger partial charge in [0.25, 0.3) is 0 Å². The van der Waals surface area contributed by atoms with Gasteiger partial charge in [-0.3, -0.25) is 4.79 Å². The molecular weight excluding hydrogens is 402 g/mol. The largest absolute Gasteiger partial charge is 0.494 e. The predicted octanol–water partition coefficient (Wildman–Crippen LogP) is 3.30. The van der Waals surface area contributed by atoms with Crippen LogP contribution in [0.3, 0.4) is 0 Å². The molecule has 0 spiro atoms. The smallest absolute Gasteiger partial charge is 0.243 e. The second kappa shape index (κ2) is 9.28. The second-order valence-electron chi connectivity index (χ2n) is 7.24. The molecule has 158 valence electrons. The van der Waals surface area contributed by atoms with E-state index in [1.165, 1.54) is 4.31 Å². The first-order valence-electron chi connectivity index (χ1n) is 9.89. The minimum absolute atomic E-state index is 0.123. The SMILES string of the molecule is CCOc1ccc(S(=O)(=O)N2CCCC(C(=O)Nc3cccc(C#N)c3)C2)cc1C. The molecule has 0 aromatic heterocycles. The van der Waals surface area contributed by atoms with E-state index in [1.807, 2.05) is 19.9 Å². The van der Waals surface area contributed by atoms with Gasteiger partial charge in [-0.25, -0.2) is 8.42 Å². The fourth-order valence-electron chi connectivity index (χ4n) is 3.53. The number of carbonyl (C=O) groups is 1. The summed E-state index contributed by atoms with van der Waals surface area (Å²) in [5, 5.41) is 11.8. The van der Waals surface area contributed by atoms with Crippen LogP contribution in [0.1, 0.15) is 30.9 Å². The minimum atomic E-state index is -3.71. The van der Waals surface area contributed by atoms with E-state index in [2.05, 4.69) is 5.32 Å². The topological polar surface area (TPSA) is 99.5 Å². The van der Waals surface area contributed by atoms with E-state index >= 15 is 0 Å². The van der Waals surface area contributed by atoms with Gasteiger partial charge < -0.3 is 10.1 Å². The fraction of sp³-hybridized carbons (Fsp3) is 0.364. The van der Waals surface area contributed by atoms with Gasteiger partial charge >= 0.3 is 0 Å². The summed E-state index contributed by atoms with van der Waals surface area (Å²) < 4.78 is 33.1. The Hall–Kier alpha value is -2.89. The lowest BCUT2D eigenvalue weighted by Gasteiger charge is -2.31. The van der Waals surface area contributed by atoms with Crippen LogP contribution in [0.2, 0.25) is 0 Å². The molecule has 8 heteroatoms. The molecule has 1 aliphatic rings. The van der Waals surface area contributed by atoms with Crippen molar-refractivity contribution in [3.05, 3.63) is 53.6 Å². The number of ether oxygens (including phenoxy) is 1. The van der Waals surface area contributed by atoms with Gasteiger partial charge in [-0.05, 0) is 68.7 Å². The number of anilines is 1. The highest BCUT2D eigenvalue weighted by molar-refractivity contribution is 7.89. The molecule has 0 saturated carbocycles. The monoisotopic (exact) mass is 427 g/mol. The van der Waals surface area contributed by atoms with Crippen LogP contribution < -0.4 is 10.1 Å². The van der Waals surface area contributed by atoms with Crippen LogP contribution in [0.5, 0.6) is 5.75 Å². The number of piperidine rings is 1. The zero-order valence-corrected chi connectivity index (χ0v) is 17.9. The van der Waals surface area contributed by atoms with Crippen molar-refractivity contribution in [3.8, 4) is 11.8 Å². The number of nitriles is 1. The third-order valence-corrected chi connectivity index (χ3v) is 6.96. The lowest BCUT2D eigenvalue weighted by Crippen LogP contribution is -2.43. The molecule has 1 unspecified atom stereocenters. The summed E-state index contributed by atoms with van der Waals surface area (Å²) in [6.07, 6.45) is 1.21. The highest BCUT2D eigenvalue weighted by Crippen LogP contribution is 2.28. The van der Waals surface area contributed by atoms with E-state index in [1.54, 1.807) is 42.5 Å². The Morgan fingerprint density at radius 1 is 1.30 bits per heavy atom. The van der Waals surface area contributed by atoms with Crippen LogP contribution in [0.4, 0.5) is 5.69 Å². The number of nitrogens with zero attached hydrogens (tertiary/aromatic N) is 2. The van der Waals surface area contributed by atoms with Crippen molar-refractivity contribution in [3.63, 3.8) is 0 Å². The molecule has 1 amide bonds. The van der Waals surface area contributed by atoms with Crippen molar-refractivity contribution < 1.29 is 17.9 Å². The van der Waals surface area contributed by atoms with Crippen molar-refractivity contribution in [1.29, 1.82) is 5.26 Å². The number of rotatable bonds is 6. The third kappa shape index (κ3) is 4.81. The Morgan fingerprint density at radius 2 is 2.10 bits per heavy atom. The van der Waals surface area contributed by atoms with E-state index < -0.39 is 15.9 Å². The van der Waals surface area contributed by atoms with Gasteiger partial charge in [-0.15, -0.1) is 0 Å². The summed E-state index contributed by atoms with van der Waals surface area (Å²) in [4.78, 5) is 12.9. The van der Waals surface area contributed by atoms with E-state index in [4.69, 9.17) is 10.00 Å². The van der Waals surface area contributed by atoms with Crippen molar-refractivity contribution in [2.24, 2.45) is 5.92 Å².